The van der Waals surface area contributed by atoms with Gasteiger partial charge in [-0.25, -0.2) is 9.38 Å². The van der Waals surface area contributed by atoms with Crippen molar-refractivity contribution < 1.29 is 14.0 Å². The van der Waals surface area contributed by atoms with Gasteiger partial charge in [-0.2, -0.15) is 0 Å². The molecule has 1 atom stereocenters. The Bertz CT molecular complexity index is 945. The van der Waals surface area contributed by atoms with Crippen molar-refractivity contribution in [2.24, 2.45) is 10.7 Å². The first-order chi connectivity index (χ1) is 12.7. The van der Waals surface area contributed by atoms with Gasteiger partial charge < -0.3 is 10.6 Å². The van der Waals surface area contributed by atoms with Crippen LogP contribution < -0.4 is 5.73 Å². The molecular weight excluding hydrogens is 415 g/mol. The summed E-state index contributed by atoms with van der Waals surface area (Å²) in [6.45, 7) is 1.72. The lowest BCUT2D eigenvalue weighted by Gasteiger charge is -2.34. The number of pyridine rings is 1. The number of hydrogen-bond donors (Lipinski definition) is 1. The number of carbonyl (C=O) groups is 2. The van der Waals surface area contributed by atoms with Crippen LogP contribution in [0, 0.1) is 5.82 Å². The van der Waals surface area contributed by atoms with Gasteiger partial charge in [0.05, 0.1) is 6.54 Å². The van der Waals surface area contributed by atoms with Crippen LogP contribution in [-0.4, -0.2) is 41.0 Å². The standard InChI is InChI=1S/C19H18BrFN4O2/c1-19(18(27)25(2)10-17(22)24-19)13-7-11(3-5-14(13)21)8-16(26)15-6-4-12(20)9-23-15/h3-7,9H,8,10H2,1-2H3,(H2,22,24). The number of carbonyl (C=O) groups excluding carboxylic acids is 2. The Morgan fingerprint density at radius 3 is 2.78 bits per heavy atom. The Kier molecular flexibility index (Phi) is 5.10. The molecule has 0 fully saturated rings. The zero-order valence-corrected chi connectivity index (χ0v) is 16.5. The van der Waals surface area contributed by atoms with Gasteiger partial charge in [0.2, 0.25) is 0 Å². The fourth-order valence-electron chi connectivity index (χ4n) is 3.10. The molecule has 0 aliphatic carbocycles. The zero-order valence-electron chi connectivity index (χ0n) is 14.9. The highest BCUT2D eigenvalue weighted by molar-refractivity contribution is 9.10. The second kappa shape index (κ2) is 7.19. The molecule has 1 amide bonds. The van der Waals surface area contributed by atoms with Gasteiger partial charge in [-0.1, -0.05) is 6.07 Å². The third kappa shape index (κ3) is 3.75. The monoisotopic (exact) mass is 432 g/mol. The number of nitrogens with zero attached hydrogens (tertiary/aromatic N) is 3. The topological polar surface area (TPSA) is 88.7 Å². The molecule has 2 heterocycles. The number of hydrogen-bond acceptors (Lipinski definition) is 5. The molecule has 1 unspecified atom stereocenters. The number of likely N-dealkylation sites (N-methyl/N-ethyl adjacent to an activating group) is 1. The Hall–Kier alpha value is -2.61. The van der Waals surface area contributed by atoms with E-state index in [0.717, 1.165) is 4.47 Å². The lowest BCUT2D eigenvalue weighted by molar-refractivity contribution is -0.135. The van der Waals surface area contributed by atoms with Crippen LogP contribution in [0.2, 0.25) is 0 Å². The molecule has 1 aromatic carbocycles. The normalized spacial score (nSPS) is 19.8. The molecule has 0 bridgehead atoms. The van der Waals surface area contributed by atoms with Crippen LogP contribution >= 0.6 is 15.9 Å². The summed E-state index contributed by atoms with van der Waals surface area (Å²) >= 11 is 3.27. The van der Waals surface area contributed by atoms with Crippen LogP contribution in [0.4, 0.5) is 4.39 Å². The van der Waals surface area contributed by atoms with E-state index in [4.69, 9.17) is 5.73 Å². The van der Waals surface area contributed by atoms with Gasteiger partial charge in [-0.15, -0.1) is 0 Å². The molecule has 0 saturated heterocycles. The molecule has 1 aromatic heterocycles. The first-order valence-corrected chi connectivity index (χ1v) is 9.03. The molecule has 0 radical (unpaired) electrons. The molecule has 0 saturated carbocycles. The Morgan fingerprint density at radius 1 is 1.37 bits per heavy atom. The fourth-order valence-corrected chi connectivity index (χ4v) is 3.34. The smallest absolute Gasteiger partial charge is 0.255 e. The van der Waals surface area contributed by atoms with Gasteiger partial charge >= 0.3 is 0 Å². The van der Waals surface area contributed by atoms with Crippen molar-refractivity contribution >= 4 is 33.5 Å². The van der Waals surface area contributed by atoms with Crippen LogP contribution in [0.5, 0.6) is 0 Å². The van der Waals surface area contributed by atoms with E-state index >= 15 is 0 Å². The first-order valence-electron chi connectivity index (χ1n) is 8.24. The lowest BCUT2D eigenvalue weighted by atomic mass is 9.87. The summed E-state index contributed by atoms with van der Waals surface area (Å²) in [7, 11) is 1.59. The number of halogens is 2. The number of Topliss-reactive ketones (excluding diaryl/α,β-unsaturated/α-hetero) is 1. The fraction of sp³-hybridized carbons (Fsp3) is 0.263. The number of amides is 1. The van der Waals surface area contributed by atoms with Gasteiger partial charge in [-0.3, -0.25) is 14.6 Å². The number of nitrogens with two attached hydrogens (primary N) is 1. The quantitative estimate of drug-likeness (QED) is 0.751. The van der Waals surface area contributed by atoms with Crippen molar-refractivity contribution in [1.82, 2.24) is 9.88 Å². The van der Waals surface area contributed by atoms with E-state index in [-0.39, 0.29) is 36.1 Å². The molecule has 8 heteroatoms. The Morgan fingerprint density at radius 2 is 2.11 bits per heavy atom. The highest BCUT2D eigenvalue weighted by Gasteiger charge is 2.42. The third-order valence-corrected chi connectivity index (χ3v) is 4.93. The van der Waals surface area contributed by atoms with Crippen molar-refractivity contribution in [3.63, 3.8) is 0 Å². The summed E-state index contributed by atoms with van der Waals surface area (Å²) in [6, 6.07) is 7.60. The average molecular weight is 433 g/mol. The molecule has 1 aliphatic rings. The molecule has 27 heavy (non-hydrogen) atoms. The van der Waals surface area contributed by atoms with Crippen molar-refractivity contribution in [2.75, 3.05) is 13.6 Å². The van der Waals surface area contributed by atoms with Crippen LogP contribution in [0.3, 0.4) is 0 Å². The van der Waals surface area contributed by atoms with Gasteiger partial charge in [0.1, 0.15) is 17.3 Å². The van der Waals surface area contributed by atoms with E-state index in [1.54, 1.807) is 25.4 Å². The SMILES string of the molecule is CN1CC(N)=NC(C)(c2cc(CC(=O)c3ccc(Br)cn3)ccc2F)C1=O. The van der Waals surface area contributed by atoms with Crippen LogP contribution in [-0.2, 0) is 16.8 Å². The Balaban J connectivity index is 1.95. The average Bonchev–Trinajstić information content (AvgIpc) is 2.61. The Labute approximate surface area is 164 Å². The molecular formula is C19H18BrFN4O2. The predicted molar refractivity (Wildman–Crippen MR) is 103 cm³/mol. The van der Waals surface area contributed by atoms with Crippen LogP contribution in [0.1, 0.15) is 28.5 Å². The third-order valence-electron chi connectivity index (χ3n) is 4.46. The van der Waals surface area contributed by atoms with Crippen LogP contribution in [0.15, 0.2) is 46.0 Å². The van der Waals surface area contributed by atoms with E-state index < -0.39 is 11.4 Å². The zero-order chi connectivity index (χ0) is 19.8. The highest BCUT2D eigenvalue weighted by atomic mass is 79.9. The predicted octanol–water partition coefficient (Wildman–Crippen LogP) is 2.45. The van der Waals surface area contributed by atoms with E-state index in [2.05, 4.69) is 25.9 Å². The largest absolute Gasteiger partial charge is 0.386 e. The minimum atomic E-state index is -1.46. The summed E-state index contributed by atoms with van der Waals surface area (Å²) in [4.78, 5) is 34.8. The number of rotatable bonds is 4. The summed E-state index contributed by atoms with van der Waals surface area (Å²) in [5.74, 6) is -0.885. The van der Waals surface area contributed by atoms with E-state index in [1.165, 1.54) is 30.0 Å². The van der Waals surface area contributed by atoms with Crippen molar-refractivity contribution in [3.05, 3.63) is 63.6 Å². The first kappa shape index (κ1) is 19.2. The number of ketones is 1. The van der Waals surface area contributed by atoms with E-state index in [9.17, 15) is 14.0 Å². The molecule has 140 valence electrons. The maximum atomic E-state index is 14.5. The van der Waals surface area contributed by atoms with Gasteiger partial charge in [0.15, 0.2) is 11.3 Å². The maximum absolute atomic E-state index is 14.5. The van der Waals surface area contributed by atoms with Crippen molar-refractivity contribution in [1.29, 1.82) is 0 Å². The number of amidine groups is 1. The molecule has 2 aromatic rings. The van der Waals surface area contributed by atoms with E-state index in [0.29, 0.717) is 11.3 Å². The highest BCUT2D eigenvalue weighted by Crippen LogP contribution is 2.33. The molecule has 3 rings (SSSR count). The van der Waals surface area contributed by atoms with Gasteiger partial charge in [0, 0.05) is 29.7 Å². The molecule has 6 nitrogen and oxygen atoms in total. The number of benzene rings is 1. The van der Waals surface area contributed by atoms with E-state index in [1.807, 2.05) is 0 Å². The lowest BCUT2D eigenvalue weighted by Crippen LogP contribution is -2.51. The molecule has 2 N–H and O–H groups in total. The molecule has 1 aliphatic heterocycles. The van der Waals surface area contributed by atoms with Gasteiger partial charge in [-0.05, 0) is 52.7 Å². The van der Waals surface area contributed by atoms with Crippen molar-refractivity contribution in [2.45, 2.75) is 18.9 Å². The maximum Gasteiger partial charge on any atom is 0.255 e. The summed E-state index contributed by atoms with van der Waals surface area (Å²) < 4.78 is 15.3. The van der Waals surface area contributed by atoms with Gasteiger partial charge in [0.25, 0.3) is 5.91 Å². The summed E-state index contributed by atoms with van der Waals surface area (Å²) in [5, 5.41) is 0. The minimum Gasteiger partial charge on any atom is -0.386 e. The molecule has 0 spiro atoms. The second-order valence-electron chi connectivity index (χ2n) is 6.61. The number of aliphatic imine (C=N–C) groups is 1. The second-order valence-corrected chi connectivity index (χ2v) is 7.53. The summed E-state index contributed by atoms with van der Waals surface area (Å²) in [5.41, 5.74) is 5.33. The van der Waals surface area contributed by atoms with Crippen molar-refractivity contribution in [3.8, 4) is 0 Å². The van der Waals surface area contributed by atoms with Crippen LogP contribution in [0.25, 0.3) is 0 Å². The number of aromatic nitrogens is 1. The summed E-state index contributed by atoms with van der Waals surface area (Å²) in [6.07, 6.45) is 1.57. The minimum absolute atomic E-state index is 0.0290.